The van der Waals surface area contributed by atoms with Crippen molar-refractivity contribution in [1.29, 1.82) is 0 Å². The van der Waals surface area contributed by atoms with Gasteiger partial charge in [-0.05, 0) is 31.0 Å². The van der Waals surface area contributed by atoms with Gasteiger partial charge in [0.25, 0.3) is 0 Å². The maximum absolute atomic E-state index is 13.0. The van der Waals surface area contributed by atoms with E-state index >= 15 is 0 Å². The molecule has 1 N–H and O–H groups in total. The highest BCUT2D eigenvalue weighted by Gasteiger charge is 2.07. The van der Waals surface area contributed by atoms with Crippen LogP contribution in [-0.4, -0.2) is 19.8 Å². The first-order chi connectivity index (χ1) is 8.63. The molecule has 0 amide bonds. The molecule has 102 valence electrons. The van der Waals surface area contributed by atoms with Gasteiger partial charge >= 0.3 is 0 Å². The molecule has 0 saturated heterocycles. The van der Waals surface area contributed by atoms with Gasteiger partial charge in [-0.25, -0.2) is 8.78 Å². The predicted molar refractivity (Wildman–Crippen MR) is 68.5 cm³/mol. The fourth-order valence-electron chi connectivity index (χ4n) is 1.64. The minimum absolute atomic E-state index is 0.0926. The van der Waals surface area contributed by atoms with Crippen molar-refractivity contribution >= 4 is 0 Å². The highest BCUT2D eigenvalue weighted by molar-refractivity contribution is 5.20. The Kier molecular flexibility index (Phi) is 6.83. The third-order valence-corrected chi connectivity index (χ3v) is 2.72. The van der Waals surface area contributed by atoms with E-state index in [1.807, 2.05) is 6.92 Å². The van der Waals surface area contributed by atoms with Crippen LogP contribution in [0.4, 0.5) is 8.78 Å². The molecule has 0 aliphatic carbocycles. The van der Waals surface area contributed by atoms with Crippen molar-refractivity contribution in [2.24, 2.45) is 0 Å². The van der Waals surface area contributed by atoms with Crippen molar-refractivity contribution in [2.75, 3.05) is 19.8 Å². The predicted octanol–water partition coefficient (Wildman–Crippen LogP) is 3.43. The maximum Gasteiger partial charge on any atom is 0.126 e. The molecule has 0 aromatic heterocycles. The van der Waals surface area contributed by atoms with E-state index in [4.69, 9.17) is 4.74 Å². The van der Waals surface area contributed by atoms with Gasteiger partial charge in [0, 0.05) is 25.3 Å². The Morgan fingerprint density at radius 2 is 1.83 bits per heavy atom. The molecule has 1 atom stereocenters. The van der Waals surface area contributed by atoms with Gasteiger partial charge in [0.15, 0.2) is 0 Å². The molecule has 1 unspecified atom stereocenters. The summed E-state index contributed by atoms with van der Waals surface area (Å²) in [6.45, 7) is 6.04. The van der Waals surface area contributed by atoms with Gasteiger partial charge in [0.2, 0.25) is 0 Å². The maximum atomic E-state index is 13.0. The van der Waals surface area contributed by atoms with E-state index in [0.29, 0.717) is 18.7 Å². The van der Waals surface area contributed by atoms with Crippen molar-refractivity contribution in [3.8, 4) is 0 Å². The van der Waals surface area contributed by atoms with Crippen molar-refractivity contribution in [2.45, 2.75) is 32.7 Å². The van der Waals surface area contributed by atoms with Crippen LogP contribution in [0.5, 0.6) is 0 Å². The van der Waals surface area contributed by atoms with E-state index in [1.54, 1.807) is 0 Å². The Labute approximate surface area is 107 Å². The van der Waals surface area contributed by atoms with Crippen LogP contribution >= 0.6 is 0 Å². The first kappa shape index (κ1) is 15.1. The smallest absolute Gasteiger partial charge is 0.126 e. The van der Waals surface area contributed by atoms with Crippen LogP contribution in [0.1, 0.15) is 38.3 Å². The van der Waals surface area contributed by atoms with E-state index in [1.165, 1.54) is 12.1 Å². The van der Waals surface area contributed by atoms with Gasteiger partial charge in [-0.15, -0.1) is 0 Å². The van der Waals surface area contributed by atoms with Gasteiger partial charge in [-0.2, -0.15) is 0 Å². The summed E-state index contributed by atoms with van der Waals surface area (Å²) in [6.07, 6.45) is 2.18. The SMILES string of the molecule is CCCCOCCNC(C)c1cc(F)cc(F)c1. The van der Waals surface area contributed by atoms with Crippen LogP contribution in [0.25, 0.3) is 0 Å². The summed E-state index contributed by atoms with van der Waals surface area (Å²) in [6, 6.07) is 3.48. The van der Waals surface area contributed by atoms with Crippen LogP contribution in [-0.2, 0) is 4.74 Å². The number of nitrogens with one attached hydrogen (secondary N) is 1. The molecule has 1 aromatic rings. The Balaban J connectivity index is 2.29. The topological polar surface area (TPSA) is 21.3 Å². The van der Waals surface area contributed by atoms with Gasteiger partial charge < -0.3 is 10.1 Å². The lowest BCUT2D eigenvalue weighted by atomic mass is 10.1. The molecule has 0 fully saturated rings. The molecule has 2 nitrogen and oxygen atoms in total. The second-order valence-corrected chi connectivity index (χ2v) is 4.34. The molecule has 0 spiro atoms. The summed E-state index contributed by atoms with van der Waals surface area (Å²) in [5.41, 5.74) is 0.612. The summed E-state index contributed by atoms with van der Waals surface area (Å²) < 4.78 is 31.4. The van der Waals surface area contributed by atoms with Crippen LogP contribution in [0.3, 0.4) is 0 Å². The van der Waals surface area contributed by atoms with Crippen molar-refractivity contribution in [3.05, 3.63) is 35.4 Å². The number of hydrogen-bond donors (Lipinski definition) is 1. The zero-order chi connectivity index (χ0) is 13.4. The zero-order valence-electron chi connectivity index (χ0n) is 11.0. The standard InChI is InChI=1S/C14H21F2NO/c1-3-4-6-18-7-5-17-11(2)12-8-13(15)10-14(16)9-12/h8-11,17H,3-7H2,1-2H3. The van der Waals surface area contributed by atoms with Crippen LogP contribution in [0, 0.1) is 11.6 Å². The number of hydrogen-bond acceptors (Lipinski definition) is 2. The van der Waals surface area contributed by atoms with Gasteiger partial charge in [-0.1, -0.05) is 13.3 Å². The average molecular weight is 257 g/mol. The molecule has 0 bridgehead atoms. The number of rotatable bonds is 8. The van der Waals surface area contributed by atoms with E-state index in [9.17, 15) is 8.78 Å². The third-order valence-electron chi connectivity index (χ3n) is 2.72. The molecule has 0 saturated carbocycles. The largest absolute Gasteiger partial charge is 0.380 e. The second-order valence-electron chi connectivity index (χ2n) is 4.34. The first-order valence-corrected chi connectivity index (χ1v) is 6.40. The van der Waals surface area contributed by atoms with Crippen LogP contribution < -0.4 is 5.32 Å². The molecule has 4 heteroatoms. The first-order valence-electron chi connectivity index (χ1n) is 6.40. The van der Waals surface area contributed by atoms with E-state index in [-0.39, 0.29) is 6.04 Å². The number of unbranched alkanes of at least 4 members (excludes halogenated alkanes) is 1. The zero-order valence-corrected chi connectivity index (χ0v) is 11.0. The lowest BCUT2D eigenvalue weighted by molar-refractivity contribution is 0.131. The van der Waals surface area contributed by atoms with Crippen molar-refractivity contribution in [1.82, 2.24) is 5.32 Å². The summed E-state index contributed by atoms with van der Waals surface area (Å²) >= 11 is 0. The van der Waals surface area contributed by atoms with E-state index < -0.39 is 11.6 Å². The summed E-state index contributed by atoms with van der Waals surface area (Å²) in [7, 11) is 0. The number of ether oxygens (including phenoxy) is 1. The molecule has 0 aliphatic rings. The summed E-state index contributed by atoms with van der Waals surface area (Å²) in [4.78, 5) is 0. The van der Waals surface area contributed by atoms with Crippen LogP contribution in [0.2, 0.25) is 0 Å². The fraction of sp³-hybridized carbons (Fsp3) is 0.571. The van der Waals surface area contributed by atoms with Gasteiger partial charge in [0.05, 0.1) is 6.61 Å². The van der Waals surface area contributed by atoms with E-state index in [0.717, 1.165) is 25.5 Å². The Hall–Kier alpha value is -1.00. The van der Waals surface area contributed by atoms with Crippen molar-refractivity contribution in [3.63, 3.8) is 0 Å². The van der Waals surface area contributed by atoms with Gasteiger partial charge in [0.1, 0.15) is 11.6 Å². The molecule has 0 radical (unpaired) electrons. The fourth-order valence-corrected chi connectivity index (χ4v) is 1.64. The molecule has 18 heavy (non-hydrogen) atoms. The monoisotopic (exact) mass is 257 g/mol. The summed E-state index contributed by atoms with van der Waals surface area (Å²) in [5, 5.41) is 3.17. The second kappa shape index (κ2) is 8.16. The third kappa shape index (κ3) is 5.56. The lowest BCUT2D eigenvalue weighted by Gasteiger charge is -2.14. The quantitative estimate of drug-likeness (QED) is 0.720. The number of halogens is 2. The normalized spacial score (nSPS) is 12.7. The molecule has 0 aliphatic heterocycles. The molecule has 0 heterocycles. The number of benzene rings is 1. The highest BCUT2D eigenvalue weighted by Crippen LogP contribution is 2.15. The van der Waals surface area contributed by atoms with Crippen molar-refractivity contribution < 1.29 is 13.5 Å². The average Bonchev–Trinajstić information content (AvgIpc) is 2.32. The lowest BCUT2D eigenvalue weighted by Crippen LogP contribution is -2.23. The highest BCUT2D eigenvalue weighted by atomic mass is 19.1. The summed E-state index contributed by atoms with van der Waals surface area (Å²) in [5.74, 6) is -1.09. The molecule has 1 rings (SSSR count). The van der Waals surface area contributed by atoms with E-state index in [2.05, 4.69) is 12.2 Å². The minimum Gasteiger partial charge on any atom is -0.380 e. The molecular weight excluding hydrogens is 236 g/mol. The Morgan fingerprint density at radius 3 is 2.44 bits per heavy atom. The molecular formula is C14H21F2NO. The minimum atomic E-state index is -0.544. The Morgan fingerprint density at radius 1 is 1.17 bits per heavy atom. The van der Waals surface area contributed by atoms with Crippen LogP contribution in [0.15, 0.2) is 18.2 Å². The molecule has 1 aromatic carbocycles. The van der Waals surface area contributed by atoms with Gasteiger partial charge in [-0.3, -0.25) is 0 Å². The Bertz CT molecular complexity index is 337.